The van der Waals surface area contributed by atoms with E-state index in [9.17, 15) is 9.90 Å². The topological polar surface area (TPSA) is 87.8 Å². The van der Waals surface area contributed by atoms with Gasteiger partial charge in [-0.1, -0.05) is 12.1 Å². The number of aliphatic hydroxyl groups excluding tert-OH is 1. The molecule has 1 aliphatic heterocycles. The van der Waals surface area contributed by atoms with E-state index in [1.165, 1.54) is 0 Å². The highest BCUT2D eigenvalue weighted by Crippen LogP contribution is 2.31. The molecule has 0 unspecified atom stereocenters. The monoisotopic (exact) mass is 307 g/mol. The molecule has 1 aromatic rings. The number of hydrogen-bond acceptors (Lipinski definition) is 5. The summed E-state index contributed by atoms with van der Waals surface area (Å²) in [5.41, 5.74) is 7.18. The van der Waals surface area contributed by atoms with Crippen LogP contribution in [0.5, 0.6) is 0 Å². The van der Waals surface area contributed by atoms with E-state index in [0.717, 1.165) is 5.69 Å². The molecule has 0 radical (unpaired) electrons. The van der Waals surface area contributed by atoms with E-state index in [0.29, 0.717) is 18.7 Å². The van der Waals surface area contributed by atoms with E-state index >= 15 is 0 Å². The molecule has 0 aromatic heterocycles. The van der Waals surface area contributed by atoms with Crippen LogP contribution in [-0.2, 0) is 4.74 Å². The first-order valence-corrected chi connectivity index (χ1v) is 7.51. The van der Waals surface area contributed by atoms with Gasteiger partial charge in [-0.2, -0.15) is 0 Å². The number of benzene rings is 1. The fourth-order valence-corrected chi connectivity index (χ4v) is 2.66. The Kier molecular flexibility index (Phi) is 4.81. The van der Waals surface area contributed by atoms with Gasteiger partial charge in [0.25, 0.3) is 0 Å². The van der Waals surface area contributed by atoms with Crippen LogP contribution < -0.4 is 16.0 Å². The van der Waals surface area contributed by atoms with Gasteiger partial charge in [0.2, 0.25) is 0 Å². The number of aliphatic hydroxyl groups is 1. The van der Waals surface area contributed by atoms with Gasteiger partial charge < -0.3 is 25.8 Å². The van der Waals surface area contributed by atoms with Crippen LogP contribution in [-0.4, -0.2) is 42.0 Å². The third-order valence-corrected chi connectivity index (χ3v) is 3.58. The number of carbonyl (C=O) groups is 1. The molecule has 4 N–H and O–H groups in total. The van der Waals surface area contributed by atoms with Crippen molar-refractivity contribution in [1.82, 2.24) is 5.32 Å². The molecule has 1 heterocycles. The number of amides is 1. The van der Waals surface area contributed by atoms with E-state index in [-0.39, 0.29) is 24.3 Å². The lowest BCUT2D eigenvalue weighted by Gasteiger charge is -2.26. The molecule has 0 aliphatic carbocycles. The predicted octanol–water partition coefficient (Wildman–Crippen LogP) is 1.73. The molecule has 0 spiro atoms. The highest BCUT2D eigenvalue weighted by Gasteiger charge is 2.35. The molecule has 2 rings (SSSR count). The summed E-state index contributed by atoms with van der Waals surface area (Å²) < 4.78 is 5.47. The number of para-hydroxylation sites is 2. The lowest BCUT2D eigenvalue weighted by Crippen LogP contribution is -2.42. The Balaban J connectivity index is 2.04. The molecule has 6 nitrogen and oxygen atoms in total. The first kappa shape index (κ1) is 16.4. The molecule has 1 amide bonds. The van der Waals surface area contributed by atoms with Crippen LogP contribution in [0.4, 0.5) is 16.2 Å². The maximum absolute atomic E-state index is 11.9. The quantitative estimate of drug-likeness (QED) is 0.740. The number of hydrogen-bond donors (Lipinski definition) is 3. The Labute approximate surface area is 131 Å². The fourth-order valence-electron chi connectivity index (χ4n) is 2.66. The number of anilines is 2. The third-order valence-electron chi connectivity index (χ3n) is 3.58. The number of nitrogen functional groups attached to an aromatic ring is 1. The van der Waals surface area contributed by atoms with Crippen molar-refractivity contribution in [2.24, 2.45) is 0 Å². The molecule has 0 bridgehead atoms. The summed E-state index contributed by atoms with van der Waals surface area (Å²) in [6.45, 7) is 6.22. The molecule has 1 fully saturated rings. The molecule has 2 atom stereocenters. The molecule has 1 saturated heterocycles. The van der Waals surface area contributed by atoms with Crippen LogP contribution in [0.25, 0.3) is 0 Å². The van der Waals surface area contributed by atoms with E-state index in [1.807, 2.05) is 49.9 Å². The maximum atomic E-state index is 11.9. The third kappa shape index (κ3) is 4.04. The minimum atomic E-state index is -0.433. The number of alkyl carbamates (subject to hydrolysis) is 1. The van der Waals surface area contributed by atoms with Gasteiger partial charge in [-0.3, -0.25) is 0 Å². The van der Waals surface area contributed by atoms with Crippen LogP contribution in [0.2, 0.25) is 0 Å². The van der Waals surface area contributed by atoms with E-state index in [4.69, 9.17) is 10.5 Å². The summed E-state index contributed by atoms with van der Waals surface area (Å²) in [7, 11) is 0. The summed E-state index contributed by atoms with van der Waals surface area (Å²) in [6.07, 6.45) is -0.112. The molecule has 22 heavy (non-hydrogen) atoms. The van der Waals surface area contributed by atoms with Crippen LogP contribution in [0.3, 0.4) is 0 Å². The van der Waals surface area contributed by atoms with Gasteiger partial charge in [-0.05, 0) is 32.9 Å². The van der Waals surface area contributed by atoms with Crippen LogP contribution >= 0.6 is 0 Å². The Morgan fingerprint density at radius 1 is 1.45 bits per heavy atom. The van der Waals surface area contributed by atoms with Crippen molar-refractivity contribution in [3.8, 4) is 0 Å². The van der Waals surface area contributed by atoms with Crippen LogP contribution in [0.15, 0.2) is 24.3 Å². The minimum Gasteiger partial charge on any atom is -0.444 e. The molecule has 0 saturated carbocycles. The second-order valence-corrected chi connectivity index (χ2v) is 6.69. The number of rotatable bonds is 3. The summed E-state index contributed by atoms with van der Waals surface area (Å²) in [5.74, 6) is 0. The molecule has 122 valence electrons. The Hall–Kier alpha value is -1.95. The number of nitrogens with zero attached hydrogens (tertiary/aromatic N) is 1. The van der Waals surface area contributed by atoms with Gasteiger partial charge in [0.15, 0.2) is 0 Å². The van der Waals surface area contributed by atoms with Crippen molar-refractivity contribution in [3.63, 3.8) is 0 Å². The molecule has 1 aromatic carbocycles. The van der Waals surface area contributed by atoms with Gasteiger partial charge in [-0.15, -0.1) is 0 Å². The summed E-state index contributed by atoms with van der Waals surface area (Å²) >= 11 is 0. The average molecular weight is 307 g/mol. The van der Waals surface area contributed by atoms with E-state index < -0.39 is 6.09 Å². The van der Waals surface area contributed by atoms with Crippen molar-refractivity contribution in [3.05, 3.63) is 24.3 Å². The highest BCUT2D eigenvalue weighted by molar-refractivity contribution is 5.70. The molecule has 6 heteroatoms. The minimum absolute atomic E-state index is 0.00488. The predicted molar refractivity (Wildman–Crippen MR) is 86.8 cm³/mol. The summed E-state index contributed by atoms with van der Waals surface area (Å²) in [6, 6.07) is 7.41. The van der Waals surface area contributed by atoms with Crippen molar-refractivity contribution in [1.29, 1.82) is 0 Å². The average Bonchev–Trinajstić information content (AvgIpc) is 2.79. The van der Waals surface area contributed by atoms with Gasteiger partial charge in [0.1, 0.15) is 6.10 Å². The van der Waals surface area contributed by atoms with Gasteiger partial charge in [0, 0.05) is 12.0 Å². The second kappa shape index (κ2) is 6.44. The lowest BCUT2D eigenvalue weighted by atomic mass is 10.1. The van der Waals surface area contributed by atoms with Crippen molar-refractivity contribution in [2.45, 2.75) is 44.9 Å². The first-order chi connectivity index (χ1) is 10.3. The lowest BCUT2D eigenvalue weighted by molar-refractivity contribution is 0.0980. The van der Waals surface area contributed by atoms with Crippen molar-refractivity contribution >= 4 is 17.5 Å². The fraction of sp³-hybridized carbons (Fsp3) is 0.562. The normalized spacial score (nSPS) is 21.7. The van der Waals surface area contributed by atoms with Gasteiger partial charge in [-0.25, -0.2) is 4.79 Å². The van der Waals surface area contributed by atoms with E-state index in [2.05, 4.69) is 5.32 Å². The number of nitrogens with one attached hydrogen (secondary N) is 1. The van der Waals surface area contributed by atoms with Gasteiger partial charge >= 0.3 is 6.09 Å². The largest absolute Gasteiger partial charge is 0.444 e. The SMILES string of the molecule is CC(C)(C)NC(=O)O[C@H]1C[C@@H](CO)N(c2ccccc2N)C1. The summed E-state index contributed by atoms with van der Waals surface area (Å²) in [4.78, 5) is 13.9. The van der Waals surface area contributed by atoms with Gasteiger partial charge in [0.05, 0.1) is 30.6 Å². The zero-order valence-corrected chi connectivity index (χ0v) is 13.4. The molecular weight excluding hydrogens is 282 g/mol. The number of ether oxygens (including phenoxy) is 1. The molecule has 1 aliphatic rings. The smallest absolute Gasteiger partial charge is 0.407 e. The van der Waals surface area contributed by atoms with Crippen molar-refractivity contribution in [2.75, 3.05) is 23.8 Å². The molecular formula is C16H25N3O3. The highest BCUT2D eigenvalue weighted by atomic mass is 16.6. The number of nitrogens with two attached hydrogens (primary N) is 1. The Bertz CT molecular complexity index is 528. The Morgan fingerprint density at radius 3 is 2.73 bits per heavy atom. The van der Waals surface area contributed by atoms with Crippen molar-refractivity contribution < 1.29 is 14.6 Å². The zero-order chi connectivity index (χ0) is 16.3. The zero-order valence-electron chi connectivity index (χ0n) is 13.4. The van der Waals surface area contributed by atoms with E-state index in [1.54, 1.807) is 0 Å². The second-order valence-electron chi connectivity index (χ2n) is 6.69. The van der Waals surface area contributed by atoms with Crippen LogP contribution in [0.1, 0.15) is 27.2 Å². The first-order valence-electron chi connectivity index (χ1n) is 7.51. The summed E-state index contributed by atoms with van der Waals surface area (Å²) in [5, 5.41) is 12.4. The maximum Gasteiger partial charge on any atom is 0.407 e. The van der Waals surface area contributed by atoms with Crippen LogP contribution in [0, 0.1) is 0 Å². The number of carbonyl (C=O) groups excluding carboxylic acids is 1. The standard InChI is InChI=1S/C16H25N3O3/c1-16(2,3)18-15(21)22-12-8-11(10-20)19(9-12)14-7-5-4-6-13(14)17/h4-7,11-12,20H,8-10,17H2,1-3H3,(H,18,21)/t11-,12-/m0/s1. The Morgan fingerprint density at radius 2 is 2.14 bits per heavy atom.